The molecular formula is C20H41IN6O2. The van der Waals surface area contributed by atoms with Gasteiger partial charge >= 0.3 is 0 Å². The molecule has 2 saturated heterocycles. The fraction of sp³-hybridized carbons (Fsp3) is 0.900. The molecule has 0 radical (unpaired) electrons. The van der Waals surface area contributed by atoms with Gasteiger partial charge in [0.05, 0.1) is 13.2 Å². The lowest BCUT2D eigenvalue weighted by atomic mass is 10.1. The standard InChI is InChI=1S/C20H40N6O2.HI/c1-4-9-25-11-6-18(7-12-25)23-20(22-17-19(27)24(2)3)21-8-5-10-26-13-15-28-16-14-26;/h18H,4-17H2,1-3H3,(H2,21,22,23);1H. The van der Waals surface area contributed by atoms with Crippen molar-refractivity contribution in [2.45, 2.75) is 38.6 Å². The summed E-state index contributed by atoms with van der Waals surface area (Å²) >= 11 is 0. The van der Waals surface area contributed by atoms with Gasteiger partial charge in [0.2, 0.25) is 5.91 Å². The quantitative estimate of drug-likeness (QED) is 0.202. The van der Waals surface area contributed by atoms with Crippen molar-refractivity contribution in [2.75, 3.05) is 79.7 Å². The van der Waals surface area contributed by atoms with Crippen molar-refractivity contribution < 1.29 is 9.53 Å². The largest absolute Gasteiger partial charge is 0.379 e. The number of hydrogen-bond donors (Lipinski definition) is 2. The van der Waals surface area contributed by atoms with Crippen LogP contribution in [0.15, 0.2) is 4.99 Å². The van der Waals surface area contributed by atoms with E-state index in [1.807, 2.05) is 0 Å². The molecule has 2 rings (SSSR count). The molecule has 0 saturated carbocycles. The first-order valence-electron chi connectivity index (χ1n) is 10.9. The summed E-state index contributed by atoms with van der Waals surface area (Å²) in [5, 5.41) is 6.99. The number of carbonyl (C=O) groups excluding carboxylic acids is 1. The predicted octanol–water partition coefficient (Wildman–Crippen LogP) is 0.825. The molecule has 2 N–H and O–H groups in total. The number of piperidine rings is 1. The normalized spacial score (nSPS) is 19.5. The molecule has 2 heterocycles. The van der Waals surface area contributed by atoms with Crippen LogP contribution in [0.3, 0.4) is 0 Å². The third kappa shape index (κ3) is 10.8. The maximum atomic E-state index is 11.9. The Kier molecular flexibility index (Phi) is 13.8. The van der Waals surface area contributed by atoms with Gasteiger partial charge in [-0.3, -0.25) is 9.69 Å². The molecule has 2 fully saturated rings. The summed E-state index contributed by atoms with van der Waals surface area (Å²) in [6.45, 7) is 11.5. The number of hydrogen-bond acceptors (Lipinski definition) is 5. The minimum absolute atomic E-state index is 0. The number of halogens is 1. The van der Waals surface area contributed by atoms with Crippen LogP contribution < -0.4 is 10.6 Å². The number of carbonyl (C=O) groups is 1. The Balaban J connectivity index is 0.00000420. The molecule has 170 valence electrons. The fourth-order valence-electron chi connectivity index (χ4n) is 3.59. The topological polar surface area (TPSA) is 72.4 Å². The van der Waals surface area contributed by atoms with Crippen LogP contribution in [0.2, 0.25) is 0 Å². The van der Waals surface area contributed by atoms with Gasteiger partial charge in [0.15, 0.2) is 5.96 Å². The van der Waals surface area contributed by atoms with E-state index in [0.29, 0.717) is 6.04 Å². The number of aliphatic imine (C=N–C) groups is 1. The molecule has 1 amide bonds. The molecule has 0 aromatic heterocycles. The highest BCUT2D eigenvalue weighted by Crippen LogP contribution is 2.10. The maximum absolute atomic E-state index is 11.9. The van der Waals surface area contributed by atoms with Crippen molar-refractivity contribution in [1.82, 2.24) is 25.3 Å². The second-order valence-corrected chi connectivity index (χ2v) is 7.95. The molecule has 8 nitrogen and oxygen atoms in total. The number of likely N-dealkylation sites (tertiary alicyclic amines) is 1. The summed E-state index contributed by atoms with van der Waals surface area (Å²) in [5.41, 5.74) is 0. The zero-order valence-electron chi connectivity index (χ0n) is 18.5. The van der Waals surface area contributed by atoms with Crippen LogP contribution in [0.25, 0.3) is 0 Å². The lowest BCUT2D eigenvalue weighted by Crippen LogP contribution is -2.49. The van der Waals surface area contributed by atoms with Crippen molar-refractivity contribution in [3.8, 4) is 0 Å². The first-order valence-corrected chi connectivity index (χ1v) is 10.9. The molecular weight excluding hydrogens is 483 g/mol. The van der Waals surface area contributed by atoms with E-state index < -0.39 is 0 Å². The Morgan fingerprint density at radius 1 is 1.10 bits per heavy atom. The Hall–Kier alpha value is -0.650. The molecule has 0 aromatic carbocycles. The number of guanidine groups is 1. The van der Waals surface area contributed by atoms with Gasteiger partial charge in [-0.25, -0.2) is 4.99 Å². The highest BCUT2D eigenvalue weighted by molar-refractivity contribution is 14.0. The molecule has 2 aliphatic rings. The average molecular weight is 524 g/mol. The van der Waals surface area contributed by atoms with Crippen molar-refractivity contribution >= 4 is 35.8 Å². The highest BCUT2D eigenvalue weighted by Gasteiger charge is 2.19. The molecule has 0 atom stereocenters. The minimum atomic E-state index is 0. The number of rotatable bonds is 9. The summed E-state index contributed by atoms with van der Waals surface area (Å²) in [4.78, 5) is 23.0. The van der Waals surface area contributed by atoms with E-state index >= 15 is 0 Å². The van der Waals surface area contributed by atoms with Gasteiger partial charge in [-0.1, -0.05) is 6.92 Å². The van der Waals surface area contributed by atoms with Crippen LogP contribution in [0.4, 0.5) is 0 Å². The summed E-state index contributed by atoms with van der Waals surface area (Å²) in [6.07, 6.45) is 4.51. The SMILES string of the molecule is CCCN1CCC(NC(=NCC(=O)N(C)C)NCCCN2CCOCC2)CC1.I. The fourth-order valence-corrected chi connectivity index (χ4v) is 3.59. The average Bonchev–Trinajstić information content (AvgIpc) is 2.71. The summed E-state index contributed by atoms with van der Waals surface area (Å²) < 4.78 is 5.40. The molecule has 2 aliphatic heterocycles. The van der Waals surface area contributed by atoms with Crippen molar-refractivity contribution in [1.29, 1.82) is 0 Å². The number of nitrogens with one attached hydrogen (secondary N) is 2. The van der Waals surface area contributed by atoms with E-state index in [1.165, 1.54) is 13.0 Å². The lowest BCUT2D eigenvalue weighted by molar-refractivity contribution is -0.127. The second-order valence-electron chi connectivity index (χ2n) is 7.95. The number of ether oxygens (including phenoxy) is 1. The van der Waals surface area contributed by atoms with E-state index in [2.05, 4.69) is 32.3 Å². The van der Waals surface area contributed by atoms with Crippen LogP contribution in [0.5, 0.6) is 0 Å². The molecule has 0 bridgehead atoms. The second kappa shape index (κ2) is 15.2. The van der Waals surface area contributed by atoms with Gasteiger partial charge in [0.1, 0.15) is 6.54 Å². The summed E-state index contributed by atoms with van der Waals surface area (Å²) in [5.74, 6) is 0.790. The van der Waals surface area contributed by atoms with Gasteiger partial charge in [0, 0.05) is 52.9 Å². The van der Waals surface area contributed by atoms with Gasteiger partial charge in [-0.05, 0) is 38.8 Å². The van der Waals surface area contributed by atoms with Crippen LogP contribution in [-0.2, 0) is 9.53 Å². The third-order valence-electron chi connectivity index (χ3n) is 5.39. The van der Waals surface area contributed by atoms with Gasteiger partial charge in [-0.15, -0.1) is 24.0 Å². The Labute approximate surface area is 193 Å². The van der Waals surface area contributed by atoms with E-state index in [4.69, 9.17) is 4.74 Å². The van der Waals surface area contributed by atoms with Crippen molar-refractivity contribution in [3.63, 3.8) is 0 Å². The van der Waals surface area contributed by atoms with E-state index in [1.54, 1.807) is 19.0 Å². The van der Waals surface area contributed by atoms with Gasteiger partial charge in [0.25, 0.3) is 0 Å². The van der Waals surface area contributed by atoms with Gasteiger partial charge in [-0.2, -0.15) is 0 Å². The third-order valence-corrected chi connectivity index (χ3v) is 5.39. The molecule has 0 aromatic rings. The maximum Gasteiger partial charge on any atom is 0.243 e. The van der Waals surface area contributed by atoms with Crippen LogP contribution in [0, 0.1) is 0 Å². The zero-order valence-corrected chi connectivity index (χ0v) is 20.8. The number of likely N-dealkylation sites (N-methyl/N-ethyl adjacent to an activating group) is 1. The Morgan fingerprint density at radius 2 is 1.76 bits per heavy atom. The smallest absolute Gasteiger partial charge is 0.243 e. The summed E-state index contributed by atoms with van der Waals surface area (Å²) in [6, 6.07) is 0.424. The Bertz CT molecular complexity index is 478. The van der Waals surface area contributed by atoms with Gasteiger partial charge < -0.3 is 25.2 Å². The highest BCUT2D eigenvalue weighted by atomic mass is 127. The van der Waals surface area contributed by atoms with Crippen LogP contribution >= 0.6 is 24.0 Å². The van der Waals surface area contributed by atoms with Crippen molar-refractivity contribution in [3.05, 3.63) is 0 Å². The monoisotopic (exact) mass is 524 g/mol. The zero-order chi connectivity index (χ0) is 20.2. The number of morpholine rings is 1. The first-order chi connectivity index (χ1) is 13.6. The van der Waals surface area contributed by atoms with Crippen LogP contribution in [0.1, 0.15) is 32.6 Å². The minimum Gasteiger partial charge on any atom is -0.379 e. The van der Waals surface area contributed by atoms with E-state index in [-0.39, 0.29) is 36.4 Å². The number of nitrogens with zero attached hydrogens (tertiary/aromatic N) is 4. The van der Waals surface area contributed by atoms with Crippen LogP contribution in [-0.4, -0.2) is 112 Å². The molecule has 0 unspecified atom stereocenters. The first kappa shape index (κ1) is 26.4. The van der Waals surface area contributed by atoms with E-state index in [0.717, 1.165) is 77.7 Å². The molecule has 0 spiro atoms. The van der Waals surface area contributed by atoms with E-state index in [9.17, 15) is 4.79 Å². The van der Waals surface area contributed by atoms with Crippen molar-refractivity contribution in [2.24, 2.45) is 4.99 Å². The lowest BCUT2D eigenvalue weighted by Gasteiger charge is -2.33. The molecule has 29 heavy (non-hydrogen) atoms. The number of amides is 1. The predicted molar refractivity (Wildman–Crippen MR) is 129 cm³/mol. The Morgan fingerprint density at radius 3 is 2.38 bits per heavy atom. The summed E-state index contributed by atoms with van der Waals surface area (Å²) in [7, 11) is 3.54. The molecule has 0 aliphatic carbocycles. The molecule has 9 heteroatoms.